The number of hydrogen-bond donors (Lipinski definition) is 3. The van der Waals surface area contributed by atoms with Crippen LogP contribution in [0.25, 0.3) is 22.2 Å². The highest BCUT2D eigenvalue weighted by Gasteiger charge is 2.12. The third-order valence-electron chi connectivity index (χ3n) is 6.17. The van der Waals surface area contributed by atoms with Crippen LogP contribution in [0.3, 0.4) is 0 Å². The second-order valence-corrected chi connectivity index (χ2v) is 8.66. The third-order valence-corrected chi connectivity index (χ3v) is 6.17. The number of nitrogens with one attached hydrogen (secondary N) is 3. The van der Waals surface area contributed by atoms with E-state index in [9.17, 15) is 4.79 Å². The van der Waals surface area contributed by atoms with Gasteiger partial charge in [-0.25, -0.2) is 9.97 Å². The molecule has 1 aromatic heterocycles. The average Bonchev–Trinajstić information content (AvgIpc) is 2.91. The lowest BCUT2D eigenvalue weighted by Gasteiger charge is -2.13. The molecular weight excluding hydrogens is 446 g/mol. The first-order valence-corrected chi connectivity index (χ1v) is 11.8. The first kappa shape index (κ1) is 23.1. The van der Waals surface area contributed by atoms with Gasteiger partial charge in [-0.1, -0.05) is 48.5 Å². The van der Waals surface area contributed by atoms with Gasteiger partial charge in [0.1, 0.15) is 0 Å². The second kappa shape index (κ2) is 9.88. The minimum atomic E-state index is -0.145. The molecule has 0 saturated heterocycles. The topological polar surface area (TPSA) is 78.9 Å². The number of aromatic nitrogens is 2. The molecule has 36 heavy (non-hydrogen) atoms. The zero-order chi connectivity index (χ0) is 25.1. The molecule has 4 aromatic carbocycles. The molecule has 0 unspecified atom stereocenters. The van der Waals surface area contributed by atoms with Crippen LogP contribution in [0.15, 0.2) is 91.0 Å². The van der Waals surface area contributed by atoms with Gasteiger partial charge in [-0.3, -0.25) is 4.79 Å². The molecule has 178 valence electrons. The summed E-state index contributed by atoms with van der Waals surface area (Å²) in [6.07, 6.45) is 0. The smallest absolute Gasteiger partial charge is 0.255 e. The Morgan fingerprint density at radius 3 is 2.08 bits per heavy atom. The summed E-state index contributed by atoms with van der Waals surface area (Å²) in [5, 5.41) is 10.5. The molecule has 0 bridgehead atoms. The molecule has 6 nitrogen and oxygen atoms in total. The van der Waals surface area contributed by atoms with E-state index in [1.807, 2.05) is 99.8 Å². The van der Waals surface area contributed by atoms with Gasteiger partial charge in [-0.15, -0.1) is 0 Å². The lowest BCUT2D eigenvalue weighted by atomic mass is 10.1. The zero-order valence-electron chi connectivity index (χ0n) is 20.5. The van der Waals surface area contributed by atoms with E-state index in [4.69, 9.17) is 9.97 Å². The van der Waals surface area contributed by atoms with Crippen LogP contribution in [-0.2, 0) is 0 Å². The number of para-hydroxylation sites is 2. The number of amides is 1. The summed E-state index contributed by atoms with van der Waals surface area (Å²) in [5.41, 5.74) is 8.05. The molecule has 0 aliphatic carbocycles. The van der Waals surface area contributed by atoms with Crippen molar-refractivity contribution in [2.45, 2.75) is 13.8 Å². The van der Waals surface area contributed by atoms with Crippen molar-refractivity contribution >= 4 is 39.8 Å². The fourth-order valence-electron chi connectivity index (χ4n) is 4.18. The van der Waals surface area contributed by atoms with Crippen LogP contribution in [0.5, 0.6) is 0 Å². The van der Waals surface area contributed by atoms with Gasteiger partial charge < -0.3 is 16.0 Å². The molecule has 0 atom stereocenters. The predicted molar refractivity (Wildman–Crippen MR) is 148 cm³/mol. The Hall–Kier alpha value is -4.71. The minimum Gasteiger partial charge on any atom is -0.388 e. The number of anilines is 4. The molecule has 5 rings (SSSR count). The zero-order valence-corrected chi connectivity index (χ0v) is 20.5. The van der Waals surface area contributed by atoms with Crippen LogP contribution >= 0.6 is 0 Å². The van der Waals surface area contributed by atoms with E-state index in [-0.39, 0.29) is 5.91 Å². The summed E-state index contributed by atoms with van der Waals surface area (Å²) >= 11 is 0. The van der Waals surface area contributed by atoms with Crippen molar-refractivity contribution in [3.8, 4) is 11.3 Å². The van der Waals surface area contributed by atoms with Crippen LogP contribution in [0.1, 0.15) is 21.5 Å². The number of rotatable bonds is 6. The summed E-state index contributed by atoms with van der Waals surface area (Å²) in [6, 6.07) is 29.4. The molecule has 1 amide bonds. The Morgan fingerprint density at radius 2 is 1.39 bits per heavy atom. The Kier molecular flexibility index (Phi) is 6.33. The Morgan fingerprint density at radius 1 is 0.722 bits per heavy atom. The minimum absolute atomic E-state index is 0.145. The van der Waals surface area contributed by atoms with Crippen molar-refractivity contribution in [3.05, 3.63) is 108 Å². The number of nitrogens with zero attached hydrogens (tertiary/aromatic N) is 2. The van der Waals surface area contributed by atoms with E-state index in [1.54, 1.807) is 12.1 Å². The molecule has 0 spiro atoms. The van der Waals surface area contributed by atoms with E-state index in [0.717, 1.165) is 50.3 Å². The maximum absolute atomic E-state index is 12.8. The van der Waals surface area contributed by atoms with Crippen molar-refractivity contribution in [1.82, 2.24) is 9.97 Å². The van der Waals surface area contributed by atoms with Crippen LogP contribution in [-0.4, -0.2) is 22.9 Å². The highest BCUT2D eigenvalue weighted by atomic mass is 16.1. The lowest BCUT2D eigenvalue weighted by Crippen LogP contribution is -2.13. The average molecular weight is 474 g/mol. The number of benzene rings is 4. The number of fused-ring (bicyclic) bond motifs is 1. The molecule has 5 aromatic rings. The Bertz CT molecular complexity index is 1520. The number of aryl methyl sites for hydroxylation is 2. The molecule has 1 heterocycles. The molecule has 0 aliphatic rings. The SMILES string of the molecule is CNc1ccc(-c2nc(Nc3ccc(C(=O)Nc4c(C)cccc4C)cc3)nc3ccccc23)cc1. The van der Waals surface area contributed by atoms with E-state index in [1.165, 1.54) is 0 Å². The van der Waals surface area contributed by atoms with Gasteiger partial charge in [0.05, 0.1) is 11.2 Å². The summed E-state index contributed by atoms with van der Waals surface area (Å²) < 4.78 is 0. The van der Waals surface area contributed by atoms with E-state index in [0.29, 0.717) is 11.5 Å². The molecule has 0 saturated carbocycles. The third kappa shape index (κ3) is 4.74. The van der Waals surface area contributed by atoms with E-state index in [2.05, 4.69) is 16.0 Å². The Balaban J connectivity index is 1.40. The molecule has 6 heteroatoms. The van der Waals surface area contributed by atoms with Crippen LogP contribution in [0.2, 0.25) is 0 Å². The highest BCUT2D eigenvalue weighted by molar-refractivity contribution is 6.05. The van der Waals surface area contributed by atoms with Gasteiger partial charge >= 0.3 is 0 Å². The van der Waals surface area contributed by atoms with E-state index < -0.39 is 0 Å². The van der Waals surface area contributed by atoms with Crippen LogP contribution in [0, 0.1) is 13.8 Å². The molecular formula is C30H27N5O. The second-order valence-electron chi connectivity index (χ2n) is 8.66. The number of carbonyl (C=O) groups is 1. The largest absolute Gasteiger partial charge is 0.388 e. The summed E-state index contributed by atoms with van der Waals surface area (Å²) in [4.78, 5) is 22.4. The van der Waals surface area contributed by atoms with Crippen LogP contribution < -0.4 is 16.0 Å². The van der Waals surface area contributed by atoms with Gasteiger partial charge in [0, 0.05) is 40.6 Å². The molecule has 0 aliphatic heterocycles. The normalized spacial score (nSPS) is 10.8. The van der Waals surface area contributed by atoms with Crippen molar-refractivity contribution in [2.24, 2.45) is 0 Å². The van der Waals surface area contributed by atoms with Crippen molar-refractivity contribution in [1.29, 1.82) is 0 Å². The molecule has 0 fully saturated rings. The molecule has 3 N–H and O–H groups in total. The quantitative estimate of drug-likeness (QED) is 0.249. The Labute approximate surface area is 210 Å². The van der Waals surface area contributed by atoms with Crippen molar-refractivity contribution in [2.75, 3.05) is 23.0 Å². The number of hydrogen-bond acceptors (Lipinski definition) is 5. The first-order chi connectivity index (χ1) is 17.5. The monoisotopic (exact) mass is 473 g/mol. The predicted octanol–water partition coefficient (Wildman–Crippen LogP) is 6.95. The maximum Gasteiger partial charge on any atom is 0.255 e. The van der Waals surface area contributed by atoms with Gasteiger partial charge in [0.25, 0.3) is 5.91 Å². The van der Waals surface area contributed by atoms with Gasteiger partial charge in [-0.2, -0.15) is 0 Å². The molecule has 0 radical (unpaired) electrons. The number of carbonyl (C=O) groups excluding carboxylic acids is 1. The van der Waals surface area contributed by atoms with Gasteiger partial charge in [-0.05, 0) is 67.4 Å². The van der Waals surface area contributed by atoms with E-state index >= 15 is 0 Å². The first-order valence-electron chi connectivity index (χ1n) is 11.8. The van der Waals surface area contributed by atoms with Crippen molar-refractivity contribution < 1.29 is 4.79 Å². The maximum atomic E-state index is 12.8. The standard InChI is InChI=1S/C30H27N5O/c1-19-7-6-8-20(2)27(19)34-29(36)22-13-17-24(18-14-22)32-30-33-26-10-5-4-9-25(26)28(35-30)21-11-15-23(31-3)16-12-21/h4-18,31H,1-3H3,(H,34,36)(H,32,33,35). The van der Waals surface area contributed by atoms with Gasteiger partial charge in [0.2, 0.25) is 5.95 Å². The van der Waals surface area contributed by atoms with Gasteiger partial charge in [0.15, 0.2) is 0 Å². The fraction of sp³-hybridized carbons (Fsp3) is 0.100. The van der Waals surface area contributed by atoms with Crippen LogP contribution in [0.4, 0.5) is 23.0 Å². The van der Waals surface area contributed by atoms with Crippen molar-refractivity contribution in [3.63, 3.8) is 0 Å². The highest BCUT2D eigenvalue weighted by Crippen LogP contribution is 2.29. The summed E-state index contributed by atoms with van der Waals surface area (Å²) in [6.45, 7) is 3.98. The summed E-state index contributed by atoms with van der Waals surface area (Å²) in [5.74, 6) is 0.349. The lowest BCUT2D eigenvalue weighted by molar-refractivity contribution is 0.102. The fourth-order valence-corrected chi connectivity index (χ4v) is 4.18. The summed E-state index contributed by atoms with van der Waals surface area (Å²) in [7, 11) is 1.90.